The predicted molar refractivity (Wildman–Crippen MR) is 99.5 cm³/mol. The molecule has 2 aromatic rings. The van der Waals surface area contributed by atoms with Crippen LogP contribution in [-0.4, -0.2) is 37.8 Å². The van der Waals surface area contributed by atoms with Gasteiger partial charge >= 0.3 is 0 Å². The number of nitrogens with one attached hydrogen (secondary N) is 1. The number of amides is 1. The Morgan fingerprint density at radius 2 is 1.93 bits per heavy atom. The fourth-order valence-electron chi connectivity index (χ4n) is 3.91. The van der Waals surface area contributed by atoms with Crippen LogP contribution >= 0.6 is 0 Å². The summed E-state index contributed by atoms with van der Waals surface area (Å²) in [5.41, 5.74) is 2.23. The number of hydrogen-bond acceptors (Lipinski definition) is 3. The number of halogens is 1. The van der Waals surface area contributed by atoms with Gasteiger partial charge < -0.3 is 5.32 Å². The molecule has 1 unspecified atom stereocenters. The van der Waals surface area contributed by atoms with E-state index in [0.717, 1.165) is 24.0 Å². The van der Waals surface area contributed by atoms with Crippen molar-refractivity contribution in [3.05, 3.63) is 65.0 Å². The van der Waals surface area contributed by atoms with E-state index in [1.807, 2.05) is 0 Å². The lowest BCUT2D eigenvalue weighted by Crippen LogP contribution is -2.37. The highest BCUT2D eigenvalue weighted by molar-refractivity contribution is 7.89. The standard InChI is InChI=1S/C20H21FN2O3S/c21-16-6-3-14(4-7-16)12-17-2-1-11-23(17)27(25,26)18-8-5-15-9-10-22-20(24)19(15)13-18/h3-8,13,17H,1-2,9-12H2,(H,22,24). The number of sulfonamides is 1. The van der Waals surface area contributed by atoms with E-state index in [4.69, 9.17) is 0 Å². The van der Waals surface area contributed by atoms with Gasteiger partial charge in [-0.2, -0.15) is 4.31 Å². The molecule has 1 N–H and O–H groups in total. The molecule has 142 valence electrons. The zero-order chi connectivity index (χ0) is 19.0. The lowest BCUT2D eigenvalue weighted by atomic mass is 10.0. The summed E-state index contributed by atoms with van der Waals surface area (Å²) in [6.07, 6.45) is 2.81. The van der Waals surface area contributed by atoms with Crippen molar-refractivity contribution in [3.8, 4) is 0 Å². The van der Waals surface area contributed by atoms with Crippen LogP contribution < -0.4 is 5.32 Å². The summed E-state index contributed by atoms with van der Waals surface area (Å²) in [4.78, 5) is 12.2. The van der Waals surface area contributed by atoms with Gasteiger partial charge in [0, 0.05) is 24.7 Å². The highest BCUT2D eigenvalue weighted by Crippen LogP contribution is 2.29. The minimum absolute atomic E-state index is 0.157. The largest absolute Gasteiger partial charge is 0.352 e. The molecule has 0 bridgehead atoms. The maximum atomic E-state index is 13.2. The second kappa shape index (κ2) is 7.05. The summed E-state index contributed by atoms with van der Waals surface area (Å²) in [5, 5.41) is 2.75. The van der Waals surface area contributed by atoms with Crippen molar-refractivity contribution in [2.45, 2.75) is 36.6 Å². The number of carbonyl (C=O) groups excluding carboxylic acids is 1. The molecule has 1 fully saturated rings. The molecule has 2 aliphatic heterocycles. The van der Waals surface area contributed by atoms with Crippen molar-refractivity contribution < 1.29 is 17.6 Å². The highest BCUT2D eigenvalue weighted by Gasteiger charge is 2.36. The highest BCUT2D eigenvalue weighted by atomic mass is 32.2. The molecular weight excluding hydrogens is 367 g/mol. The van der Waals surface area contributed by atoms with E-state index in [1.54, 1.807) is 24.3 Å². The van der Waals surface area contributed by atoms with E-state index >= 15 is 0 Å². The van der Waals surface area contributed by atoms with Gasteiger partial charge in [0.15, 0.2) is 0 Å². The van der Waals surface area contributed by atoms with Crippen LogP contribution in [0.4, 0.5) is 4.39 Å². The van der Waals surface area contributed by atoms with Crippen LogP contribution in [0.1, 0.15) is 34.3 Å². The third-order valence-corrected chi connectivity index (χ3v) is 7.27. The number of hydrogen-bond donors (Lipinski definition) is 1. The van der Waals surface area contributed by atoms with Gasteiger partial charge in [0.2, 0.25) is 10.0 Å². The van der Waals surface area contributed by atoms with Crippen LogP contribution in [0.2, 0.25) is 0 Å². The van der Waals surface area contributed by atoms with Gasteiger partial charge in [0.05, 0.1) is 4.90 Å². The average Bonchev–Trinajstić information content (AvgIpc) is 3.13. The van der Waals surface area contributed by atoms with Gasteiger partial charge in [-0.05, 0) is 61.1 Å². The summed E-state index contributed by atoms with van der Waals surface area (Å²) in [6, 6.07) is 10.9. The first-order chi connectivity index (χ1) is 12.9. The van der Waals surface area contributed by atoms with Gasteiger partial charge in [0.25, 0.3) is 5.91 Å². The number of benzene rings is 2. The fourth-order valence-corrected chi connectivity index (χ4v) is 5.63. The van der Waals surface area contributed by atoms with Crippen LogP contribution in [-0.2, 0) is 22.9 Å². The monoisotopic (exact) mass is 388 g/mol. The fraction of sp³-hybridized carbons (Fsp3) is 0.350. The van der Waals surface area contributed by atoms with E-state index < -0.39 is 10.0 Å². The van der Waals surface area contributed by atoms with Crippen LogP contribution in [0.15, 0.2) is 47.4 Å². The van der Waals surface area contributed by atoms with Crippen molar-refractivity contribution in [3.63, 3.8) is 0 Å². The summed E-state index contributed by atoms with van der Waals surface area (Å²) < 4.78 is 41.1. The Labute approximate surface area is 158 Å². The van der Waals surface area contributed by atoms with Crippen LogP contribution in [0, 0.1) is 5.82 Å². The first kappa shape index (κ1) is 18.1. The van der Waals surface area contributed by atoms with Crippen molar-refractivity contribution >= 4 is 15.9 Å². The third kappa shape index (κ3) is 3.49. The topological polar surface area (TPSA) is 66.5 Å². The molecule has 5 nitrogen and oxygen atoms in total. The first-order valence-corrected chi connectivity index (χ1v) is 10.6. The van der Waals surface area contributed by atoms with Gasteiger partial charge in [-0.15, -0.1) is 0 Å². The van der Waals surface area contributed by atoms with Crippen LogP contribution in [0.3, 0.4) is 0 Å². The van der Waals surface area contributed by atoms with E-state index in [1.165, 1.54) is 22.5 Å². The minimum Gasteiger partial charge on any atom is -0.352 e. The maximum Gasteiger partial charge on any atom is 0.251 e. The smallest absolute Gasteiger partial charge is 0.251 e. The van der Waals surface area contributed by atoms with E-state index in [2.05, 4.69) is 5.32 Å². The molecule has 2 aliphatic rings. The SMILES string of the molecule is O=C1NCCc2ccc(S(=O)(=O)N3CCCC3Cc3ccc(F)cc3)cc21. The molecule has 7 heteroatoms. The number of nitrogens with zero attached hydrogens (tertiary/aromatic N) is 1. The number of carbonyl (C=O) groups is 1. The Kier molecular flexibility index (Phi) is 4.74. The second-order valence-corrected chi connectivity index (χ2v) is 8.96. The minimum atomic E-state index is -3.69. The second-order valence-electron chi connectivity index (χ2n) is 7.07. The predicted octanol–water partition coefficient (Wildman–Crippen LogP) is 2.51. The lowest BCUT2D eigenvalue weighted by Gasteiger charge is -2.25. The van der Waals surface area contributed by atoms with Crippen molar-refractivity contribution in [2.75, 3.05) is 13.1 Å². The molecular formula is C20H21FN2O3S. The van der Waals surface area contributed by atoms with Gasteiger partial charge in [-0.25, -0.2) is 12.8 Å². The van der Waals surface area contributed by atoms with Crippen LogP contribution in [0.25, 0.3) is 0 Å². The molecule has 1 atom stereocenters. The zero-order valence-corrected chi connectivity index (χ0v) is 15.6. The summed E-state index contributed by atoms with van der Waals surface area (Å²) in [7, 11) is -3.69. The maximum absolute atomic E-state index is 13.2. The Morgan fingerprint density at radius 1 is 1.15 bits per heavy atom. The molecule has 0 spiro atoms. The lowest BCUT2D eigenvalue weighted by molar-refractivity contribution is 0.0945. The summed E-state index contributed by atoms with van der Waals surface area (Å²) >= 11 is 0. The number of rotatable bonds is 4. The van der Waals surface area contributed by atoms with Gasteiger partial charge in [-0.3, -0.25) is 4.79 Å². The summed E-state index contributed by atoms with van der Waals surface area (Å²) in [6.45, 7) is 1.03. The molecule has 0 aromatic heterocycles. The molecule has 27 heavy (non-hydrogen) atoms. The Balaban J connectivity index is 1.61. The van der Waals surface area contributed by atoms with Crippen molar-refractivity contribution in [2.24, 2.45) is 0 Å². The first-order valence-electron chi connectivity index (χ1n) is 9.12. The molecule has 4 rings (SSSR count). The molecule has 0 saturated carbocycles. The van der Waals surface area contributed by atoms with Crippen LogP contribution in [0.5, 0.6) is 0 Å². The molecule has 1 saturated heterocycles. The summed E-state index contributed by atoms with van der Waals surface area (Å²) in [5.74, 6) is -0.528. The quantitative estimate of drug-likeness (QED) is 0.875. The van der Waals surface area contributed by atoms with Crippen molar-refractivity contribution in [1.82, 2.24) is 9.62 Å². The molecule has 0 radical (unpaired) electrons. The average molecular weight is 388 g/mol. The molecule has 2 heterocycles. The van der Waals surface area contributed by atoms with E-state index in [-0.39, 0.29) is 22.7 Å². The van der Waals surface area contributed by atoms with E-state index in [0.29, 0.717) is 31.5 Å². The Morgan fingerprint density at radius 3 is 2.70 bits per heavy atom. The Hall–Kier alpha value is -2.25. The number of fused-ring (bicyclic) bond motifs is 1. The molecule has 2 aromatic carbocycles. The van der Waals surface area contributed by atoms with Gasteiger partial charge in [0.1, 0.15) is 5.82 Å². The van der Waals surface area contributed by atoms with Crippen molar-refractivity contribution in [1.29, 1.82) is 0 Å². The zero-order valence-electron chi connectivity index (χ0n) is 14.8. The Bertz CT molecular complexity index is 973. The van der Waals surface area contributed by atoms with Gasteiger partial charge in [-0.1, -0.05) is 18.2 Å². The molecule has 1 amide bonds. The van der Waals surface area contributed by atoms with E-state index in [9.17, 15) is 17.6 Å². The normalized spacial score (nSPS) is 20.3. The molecule has 0 aliphatic carbocycles. The third-order valence-electron chi connectivity index (χ3n) is 5.32.